The number of halogens is 5. The highest BCUT2D eigenvalue weighted by molar-refractivity contribution is 9.10. The first kappa shape index (κ1) is 22.1. The SMILES string of the molecule is Fc1ccc(Cc2nc(Cc3ccc(Br)cc3)nc(-c3cccc(C(F)(F)F)c3)n2)cc1. The van der Waals surface area contributed by atoms with Gasteiger partial charge >= 0.3 is 6.18 Å². The average Bonchev–Trinajstić information content (AvgIpc) is 2.76. The number of alkyl halides is 3. The molecule has 0 saturated heterocycles. The maximum Gasteiger partial charge on any atom is 0.416 e. The van der Waals surface area contributed by atoms with Crippen LogP contribution < -0.4 is 0 Å². The van der Waals surface area contributed by atoms with E-state index in [4.69, 9.17) is 0 Å². The van der Waals surface area contributed by atoms with Gasteiger partial charge in [0.05, 0.1) is 5.56 Å². The van der Waals surface area contributed by atoms with Crippen LogP contribution in [0.25, 0.3) is 11.4 Å². The van der Waals surface area contributed by atoms with Crippen LogP contribution in [0.5, 0.6) is 0 Å². The summed E-state index contributed by atoms with van der Waals surface area (Å²) in [4.78, 5) is 13.4. The fourth-order valence-electron chi connectivity index (χ4n) is 3.16. The van der Waals surface area contributed by atoms with Gasteiger partial charge in [0.25, 0.3) is 0 Å². The Labute approximate surface area is 190 Å². The van der Waals surface area contributed by atoms with Crippen molar-refractivity contribution >= 4 is 15.9 Å². The number of hydrogen-bond donors (Lipinski definition) is 0. The Hall–Kier alpha value is -3.13. The Balaban J connectivity index is 1.74. The van der Waals surface area contributed by atoms with Gasteiger partial charge in [-0.1, -0.05) is 52.3 Å². The first-order chi connectivity index (χ1) is 15.3. The minimum atomic E-state index is -4.47. The van der Waals surface area contributed by atoms with Gasteiger partial charge in [0.15, 0.2) is 5.82 Å². The molecule has 0 aliphatic heterocycles. The van der Waals surface area contributed by atoms with Crippen LogP contribution in [-0.2, 0) is 19.0 Å². The fourth-order valence-corrected chi connectivity index (χ4v) is 3.42. The number of hydrogen-bond acceptors (Lipinski definition) is 3. The van der Waals surface area contributed by atoms with Crippen molar-refractivity contribution in [1.29, 1.82) is 0 Å². The lowest BCUT2D eigenvalue weighted by Gasteiger charge is -2.11. The molecule has 162 valence electrons. The van der Waals surface area contributed by atoms with E-state index in [1.54, 1.807) is 12.1 Å². The molecule has 3 aromatic carbocycles. The van der Waals surface area contributed by atoms with Gasteiger partial charge in [-0.3, -0.25) is 0 Å². The highest BCUT2D eigenvalue weighted by Gasteiger charge is 2.30. The second kappa shape index (κ2) is 9.16. The molecule has 3 nitrogen and oxygen atoms in total. The molecule has 0 amide bonds. The molecule has 0 saturated carbocycles. The smallest absolute Gasteiger partial charge is 0.217 e. The highest BCUT2D eigenvalue weighted by atomic mass is 79.9. The standard InChI is InChI=1S/C24H16BrF4N3/c25-19-8-4-15(5-9-19)12-21-30-22(13-16-6-10-20(26)11-7-16)32-23(31-21)17-2-1-3-18(14-17)24(27,28)29/h1-11,14H,12-13H2. The van der Waals surface area contributed by atoms with Crippen LogP contribution in [-0.4, -0.2) is 15.0 Å². The van der Waals surface area contributed by atoms with Crippen molar-refractivity contribution in [3.63, 3.8) is 0 Å². The molecule has 1 aromatic heterocycles. The molecule has 0 bridgehead atoms. The molecular weight excluding hydrogens is 486 g/mol. The van der Waals surface area contributed by atoms with E-state index in [1.165, 1.54) is 24.3 Å². The maximum absolute atomic E-state index is 13.2. The fraction of sp³-hybridized carbons (Fsp3) is 0.125. The first-order valence-corrected chi connectivity index (χ1v) is 10.5. The molecule has 0 atom stereocenters. The summed E-state index contributed by atoms with van der Waals surface area (Å²) in [5.41, 5.74) is 1.20. The molecule has 0 aliphatic carbocycles. The summed E-state index contributed by atoms with van der Waals surface area (Å²) in [7, 11) is 0. The second-order valence-electron chi connectivity index (χ2n) is 7.18. The minimum Gasteiger partial charge on any atom is -0.217 e. The van der Waals surface area contributed by atoms with Gasteiger partial charge in [-0.25, -0.2) is 19.3 Å². The van der Waals surface area contributed by atoms with Crippen molar-refractivity contribution in [3.05, 3.63) is 111 Å². The van der Waals surface area contributed by atoms with Crippen LogP contribution >= 0.6 is 15.9 Å². The Kier molecular flexibility index (Phi) is 6.32. The van der Waals surface area contributed by atoms with Crippen LogP contribution in [0, 0.1) is 5.82 Å². The average molecular weight is 502 g/mol. The minimum absolute atomic E-state index is 0.162. The van der Waals surface area contributed by atoms with Gasteiger partial charge < -0.3 is 0 Å². The largest absolute Gasteiger partial charge is 0.416 e. The second-order valence-corrected chi connectivity index (χ2v) is 8.09. The van der Waals surface area contributed by atoms with Crippen molar-refractivity contribution in [3.8, 4) is 11.4 Å². The van der Waals surface area contributed by atoms with Gasteiger partial charge in [0.1, 0.15) is 17.5 Å². The van der Waals surface area contributed by atoms with Gasteiger partial charge in [0.2, 0.25) is 0 Å². The molecule has 0 radical (unpaired) electrons. The Morgan fingerprint density at radius 1 is 0.719 bits per heavy atom. The van der Waals surface area contributed by atoms with Gasteiger partial charge in [-0.15, -0.1) is 0 Å². The van der Waals surface area contributed by atoms with Gasteiger partial charge in [-0.2, -0.15) is 13.2 Å². The normalized spacial score (nSPS) is 11.5. The Morgan fingerprint density at radius 2 is 1.28 bits per heavy atom. The molecule has 8 heteroatoms. The van der Waals surface area contributed by atoms with Crippen molar-refractivity contribution < 1.29 is 17.6 Å². The molecule has 4 rings (SSSR count). The van der Waals surface area contributed by atoms with Crippen LogP contribution in [0.15, 0.2) is 77.3 Å². The summed E-state index contributed by atoms with van der Waals surface area (Å²) in [5, 5.41) is 0. The van der Waals surface area contributed by atoms with E-state index in [-0.39, 0.29) is 17.2 Å². The molecule has 0 unspecified atom stereocenters. The topological polar surface area (TPSA) is 38.7 Å². The van der Waals surface area contributed by atoms with Gasteiger partial charge in [-0.05, 0) is 47.5 Å². The van der Waals surface area contributed by atoms with Crippen LogP contribution in [0.3, 0.4) is 0 Å². The summed E-state index contributed by atoms with van der Waals surface area (Å²) >= 11 is 3.39. The highest BCUT2D eigenvalue weighted by Crippen LogP contribution is 2.31. The maximum atomic E-state index is 13.2. The van der Waals surface area contributed by atoms with Gasteiger partial charge in [0, 0.05) is 22.9 Å². The predicted molar refractivity (Wildman–Crippen MR) is 116 cm³/mol. The third-order valence-electron chi connectivity index (χ3n) is 4.73. The summed E-state index contributed by atoms with van der Waals surface area (Å²) in [6.07, 6.45) is -3.79. The van der Waals surface area contributed by atoms with Crippen molar-refractivity contribution in [2.45, 2.75) is 19.0 Å². The lowest BCUT2D eigenvalue weighted by Crippen LogP contribution is -2.08. The zero-order chi connectivity index (χ0) is 22.7. The van der Waals surface area contributed by atoms with Crippen LogP contribution in [0.1, 0.15) is 28.3 Å². The predicted octanol–water partition coefficient (Wildman–Crippen LogP) is 6.64. The van der Waals surface area contributed by atoms with E-state index in [0.717, 1.165) is 27.7 Å². The van der Waals surface area contributed by atoms with Crippen LogP contribution in [0.2, 0.25) is 0 Å². The molecule has 0 spiro atoms. The van der Waals surface area contributed by atoms with E-state index in [1.807, 2.05) is 24.3 Å². The summed E-state index contributed by atoms with van der Waals surface area (Å²) < 4.78 is 53.8. The van der Waals surface area contributed by atoms with Crippen molar-refractivity contribution in [2.24, 2.45) is 0 Å². The van der Waals surface area contributed by atoms with E-state index >= 15 is 0 Å². The summed E-state index contributed by atoms with van der Waals surface area (Å²) in [6, 6.07) is 18.4. The zero-order valence-corrected chi connectivity index (χ0v) is 18.2. The molecule has 4 aromatic rings. The Morgan fingerprint density at radius 3 is 1.84 bits per heavy atom. The number of benzene rings is 3. The number of aromatic nitrogens is 3. The molecular formula is C24H16BrF4N3. The molecule has 32 heavy (non-hydrogen) atoms. The quantitative estimate of drug-likeness (QED) is 0.287. The van der Waals surface area contributed by atoms with E-state index in [2.05, 4.69) is 30.9 Å². The molecule has 0 aliphatic rings. The Bertz CT molecular complexity index is 1160. The summed E-state index contributed by atoms with van der Waals surface area (Å²) in [6.45, 7) is 0. The van der Waals surface area contributed by atoms with Crippen molar-refractivity contribution in [1.82, 2.24) is 15.0 Å². The van der Waals surface area contributed by atoms with E-state index in [9.17, 15) is 17.6 Å². The van der Waals surface area contributed by atoms with Crippen LogP contribution in [0.4, 0.5) is 17.6 Å². The molecule has 1 heterocycles. The molecule has 0 fully saturated rings. The van der Waals surface area contributed by atoms with E-state index in [0.29, 0.717) is 24.5 Å². The van der Waals surface area contributed by atoms with Crippen molar-refractivity contribution in [2.75, 3.05) is 0 Å². The number of rotatable bonds is 5. The first-order valence-electron chi connectivity index (χ1n) is 9.66. The third kappa shape index (κ3) is 5.56. The third-order valence-corrected chi connectivity index (χ3v) is 5.26. The zero-order valence-electron chi connectivity index (χ0n) is 16.6. The lowest BCUT2D eigenvalue weighted by atomic mass is 10.1. The number of nitrogens with zero attached hydrogens (tertiary/aromatic N) is 3. The summed E-state index contributed by atoms with van der Waals surface area (Å²) in [5.74, 6) is 0.637. The lowest BCUT2D eigenvalue weighted by molar-refractivity contribution is -0.137. The molecule has 0 N–H and O–H groups in total. The van der Waals surface area contributed by atoms with E-state index < -0.39 is 11.7 Å². The monoisotopic (exact) mass is 501 g/mol.